The molecular formula is C41H37N3. The van der Waals surface area contributed by atoms with Gasteiger partial charge in [-0.25, -0.2) is 0 Å². The second kappa shape index (κ2) is 14.7. The minimum Gasteiger partial charge on any atom is -0.264 e. The minimum absolute atomic E-state index is 0.940. The summed E-state index contributed by atoms with van der Waals surface area (Å²) in [5, 5.41) is 0. The van der Waals surface area contributed by atoms with Crippen LogP contribution < -0.4 is 0 Å². The van der Waals surface area contributed by atoms with Crippen molar-refractivity contribution in [2.75, 3.05) is 0 Å². The summed E-state index contributed by atoms with van der Waals surface area (Å²) in [6, 6.07) is 34.4. The Kier molecular flexibility index (Phi) is 10.0. The fourth-order valence-electron chi connectivity index (χ4n) is 5.27. The highest BCUT2D eigenvalue weighted by Gasteiger charge is 2.11. The summed E-state index contributed by atoms with van der Waals surface area (Å²) in [5.41, 5.74) is 13.5. The van der Waals surface area contributed by atoms with Gasteiger partial charge in [-0.3, -0.25) is 15.0 Å². The van der Waals surface area contributed by atoms with Gasteiger partial charge in [0.05, 0.1) is 0 Å². The van der Waals surface area contributed by atoms with E-state index < -0.39 is 0 Å². The average molecular weight is 572 g/mol. The molecule has 0 spiro atoms. The fraction of sp³-hybridized carbons (Fsp3) is 0.0976. The second-order valence-electron chi connectivity index (χ2n) is 10.2. The zero-order valence-electron chi connectivity index (χ0n) is 25.6. The molecule has 6 rings (SSSR count). The molecule has 0 unspecified atom stereocenters. The van der Waals surface area contributed by atoms with Crippen LogP contribution in [0.1, 0.15) is 32.8 Å². The lowest BCUT2D eigenvalue weighted by molar-refractivity contribution is 1.23. The molecule has 0 amide bonds. The number of hydrogen-bond donors (Lipinski definition) is 0. The number of aromatic nitrogens is 3. The van der Waals surface area contributed by atoms with E-state index in [2.05, 4.69) is 113 Å². The lowest BCUT2D eigenvalue weighted by atomic mass is 9.91. The molecule has 0 aliphatic heterocycles. The van der Waals surface area contributed by atoms with Crippen molar-refractivity contribution in [1.29, 1.82) is 0 Å². The van der Waals surface area contributed by atoms with Crippen molar-refractivity contribution in [3.8, 4) is 55.6 Å². The van der Waals surface area contributed by atoms with Crippen LogP contribution in [0, 0.1) is 0 Å². The van der Waals surface area contributed by atoms with E-state index in [1.165, 1.54) is 0 Å². The van der Waals surface area contributed by atoms with E-state index in [0.29, 0.717) is 0 Å². The molecular weight excluding hydrogens is 534 g/mol. The van der Waals surface area contributed by atoms with Crippen molar-refractivity contribution in [1.82, 2.24) is 15.0 Å². The maximum Gasteiger partial charge on any atom is 0.0346 e. The van der Waals surface area contributed by atoms with Gasteiger partial charge in [-0.05, 0) is 117 Å². The normalized spacial score (nSPS) is 10.9. The van der Waals surface area contributed by atoms with Gasteiger partial charge >= 0.3 is 0 Å². The van der Waals surface area contributed by atoms with Crippen molar-refractivity contribution < 1.29 is 0 Å². The molecule has 3 heteroatoms. The quantitative estimate of drug-likeness (QED) is 0.171. The third kappa shape index (κ3) is 6.96. The zero-order chi connectivity index (χ0) is 30.7. The van der Waals surface area contributed by atoms with Gasteiger partial charge in [0, 0.05) is 53.9 Å². The van der Waals surface area contributed by atoms with Crippen molar-refractivity contribution in [2.45, 2.75) is 27.2 Å². The van der Waals surface area contributed by atoms with Crippen LogP contribution in [0.5, 0.6) is 0 Å². The lowest BCUT2D eigenvalue weighted by Crippen LogP contribution is -1.90. The first-order valence-corrected chi connectivity index (χ1v) is 15.2. The SMILES string of the molecule is C=C/C(=C\CC)c1cc(-c2cccnc2)cc(-c2cccc(-c3cc(-c4cccnc4)cc(-c4cccnc4)c3)c2)c1.CC. The van der Waals surface area contributed by atoms with Crippen molar-refractivity contribution >= 4 is 5.57 Å². The third-order valence-corrected chi connectivity index (χ3v) is 7.36. The highest BCUT2D eigenvalue weighted by atomic mass is 14.6. The highest BCUT2D eigenvalue weighted by Crippen LogP contribution is 2.36. The molecule has 0 N–H and O–H groups in total. The minimum atomic E-state index is 0.940. The van der Waals surface area contributed by atoms with E-state index in [0.717, 1.165) is 73.2 Å². The monoisotopic (exact) mass is 571 g/mol. The average Bonchev–Trinajstić information content (AvgIpc) is 3.12. The molecule has 0 fully saturated rings. The van der Waals surface area contributed by atoms with E-state index in [4.69, 9.17) is 0 Å². The van der Waals surface area contributed by atoms with E-state index in [-0.39, 0.29) is 0 Å². The molecule has 0 radical (unpaired) electrons. The lowest BCUT2D eigenvalue weighted by Gasteiger charge is -2.14. The van der Waals surface area contributed by atoms with Gasteiger partial charge in [-0.15, -0.1) is 0 Å². The summed E-state index contributed by atoms with van der Waals surface area (Å²) in [6.07, 6.45) is 16.3. The van der Waals surface area contributed by atoms with Gasteiger partial charge in [0.2, 0.25) is 0 Å². The number of nitrogens with zero attached hydrogens (tertiary/aromatic N) is 3. The Hall–Kier alpha value is -5.41. The maximum absolute atomic E-state index is 4.37. The number of hydrogen-bond acceptors (Lipinski definition) is 3. The van der Waals surface area contributed by atoms with Crippen LogP contribution in [0.3, 0.4) is 0 Å². The predicted molar refractivity (Wildman–Crippen MR) is 187 cm³/mol. The maximum atomic E-state index is 4.37. The number of allylic oxidation sites excluding steroid dienone is 3. The summed E-state index contributed by atoms with van der Waals surface area (Å²) in [4.78, 5) is 13.1. The molecule has 6 aromatic rings. The Bertz CT molecular complexity index is 1800. The van der Waals surface area contributed by atoms with Crippen LogP contribution in [-0.4, -0.2) is 15.0 Å². The van der Waals surface area contributed by atoms with Gasteiger partial charge in [0.15, 0.2) is 0 Å². The van der Waals surface area contributed by atoms with Crippen LogP contribution in [-0.2, 0) is 0 Å². The van der Waals surface area contributed by atoms with E-state index in [1.54, 1.807) is 12.4 Å². The standard InChI is InChI=1S/C39H31N3.C2H6/c1-3-9-28(4-2)34-19-35(21-37(20-34)31-12-6-15-40-25-31)29-10-5-11-30(18-29)36-22-38(32-13-7-16-41-26-32)24-39(23-36)33-14-8-17-42-27-33;1-2/h4-27H,2-3H2,1H3;1-2H3/b28-9+;. The molecule has 0 bridgehead atoms. The number of pyridine rings is 3. The van der Waals surface area contributed by atoms with Crippen LogP contribution in [0.4, 0.5) is 0 Å². The van der Waals surface area contributed by atoms with Gasteiger partial charge in [0.1, 0.15) is 0 Å². The summed E-state index contributed by atoms with van der Waals surface area (Å²) in [5.74, 6) is 0. The van der Waals surface area contributed by atoms with E-state index in [1.807, 2.05) is 62.9 Å². The third-order valence-electron chi connectivity index (χ3n) is 7.36. The summed E-state index contributed by atoms with van der Waals surface area (Å²) >= 11 is 0. The first-order chi connectivity index (χ1) is 21.7. The Balaban J connectivity index is 0.00000188. The summed E-state index contributed by atoms with van der Waals surface area (Å²) in [6.45, 7) is 10.2. The Labute approximate surface area is 261 Å². The molecule has 3 nitrogen and oxygen atoms in total. The zero-order valence-corrected chi connectivity index (χ0v) is 25.6. The van der Waals surface area contributed by atoms with E-state index >= 15 is 0 Å². The first kappa shape index (κ1) is 30.1. The highest BCUT2D eigenvalue weighted by molar-refractivity contribution is 5.85. The van der Waals surface area contributed by atoms with Crippen LogP contribution >= 0.6 is 0 Å². The topological polar surface area (TPSA) is 38.7 Å². The first-order valence-electron chi connectivity index (χ1n) is 15.2. The molecule has 44 heavy (non-hydrogen) atoms. The number of rotatable bonds is 8. The Morgan fingerprint density at radius 2 is 0.886 bits per heavy atom. The van der Waals surface area contributed by atoms with E-state index in [9.17, 15) is 0 Å². The second-order valence-corrected chi connectivity index (χ2v) is 10.2. The summed E-state index contributed by atoms with van der Waals surface area (Å²) in [7, 11) is 0. The number of benzene rings is 3. The Morgan fingerprint density at radius 3 is 1.27 bits per heavy atom. The molecule has 0 atom stereocenters. The van der Waals surface area contributed by atoms with Gasteiger partial charge in [-0.1, -0.05) is 75.9 Å². The molecule has 0 aliphatic carbocycles. The van der Waals surface area contributed by atoms with Crippen LogP contribution in [0.15, 0.2) is 153 Å². The van der Waals surface area contributed by atoms with Crippen LogP contribution in [0.25, 0.3) is 61.2 Å². The van der Waals surface area contributed by atoms with Crippen molar-refractivity contribution in [2.24, 2.45) is 0 Å². The van der Waals surface area contributed by atoms with Crippen molar-refractivity contribution in [3.63, 3.8) is 0 Å². The fourth-order valence-corrected chi connectivity index (χ4v) is 5.27. The molecule has 3 aromatic carbocycles. The molecule has 3 heterocycles. The van der Waals surface area contributed by atoms with Gasteiger partial charge in [0.25, 0.3) is 0 Å². The molecule has 0 saturated carbocycles. The molecule has 0 aliphatic rings. The van der Waals surface area contributed by atoms with Gasteiger partial charge < -0.3 is 0 Å². The molecule has 3 aromatic heterocycles. The Morgan fingerprint density at radius 1 is 0.523 bits per heavy atom. The predicted octanol–water partition coefficient (Wildman–Crippen LogP) is 11.2. The molecule has 216 valence electrons. The smallest absolute Gasteiger partial charge is 0.0346 e. The largest absolute Gasteiger partial charge is 0.264 e. The van der Waals surface area contributed by atoms with Gasteiger partial charge in [-0.2, -0.15) is 0 Å². The van der Waals surface area contributed by atoms with Crippen molar-refractivity contribution in [3.05, 3.63) is 159 Å². The van der Waals surface area contributed by atoms with Crippen LogP contribution in [0.2, 0.25) is 0 Å². The summed E-state index contributed by atoms with van der Waals surface area (Å²) < 4.78 is 0. The molecule has 0 saturated heterocycles.